The van der Waals surface area contributed by atoms with Gasteiger partial charge in [0.1, 0.15) is 0 Å². The zero-order chi connectivity index (χ0) is 18.7. The maximum absolute atomic E-state index is 12.1. The quantitative estimate of drug-likeness (QED) is 0.567. The van der Waals surface area contributed by atoms with E-state index in [1.54, 1.807) is 19.1 Å². The molecule has 0 unspecified atom stereocenters. The molecule has 0 saturated heterocycles. The number of aromatic nitrogens is 4. The molecule has 6 nitrogen and oxygen atoms in total. The topological polar surface area (TPSA) is 83.6 Å². The number of H-pyrrole nitrogens is 1. The van der Waals surface area contributed by atoms with E-state index in [0.717, 1.165) is 5.56 Å². The second kappa shape index (κ2) is 8.26. The molecule has 0 aliphatic rings. The second-order valence-corrected chi connectivity index (χ2v) is 7.37. The Labute approximate surface area is 168 Å². The molecule has 2 aromatic heterocycles. The Hall–Kier alpha value is -1.80. The number of nitrogens with zero attached hydrogens (tertiary/aromatic N) is 3. The number of hydrogen-bond acceptors (Lipinski definition) is 5. The van der Waals surface area contributed by atoms with Crippen LogP contribution in [0.3, 0.4) is 0 Å². The van der Waals surface area contributed by atoms with Gasteiger partial charge in [-0.3, -0.25) is 9.89 Å². The van der Waals surface area contributed by atoms with E-state index < -0.39 is 0 Å². The summed E-state index contributed by atoms with van der Waals surface area (Å²) in [5, 5.41) is 11.4. The number of benzene rings is 1. The summed E-state index contributed by atoms with van der Waals surface area (Å²) in [6.45, 7) is 1.75. The fourth-order valence-corrected chi connectivity index (χ4v) is 3.10. The van der Waals surface area contributed by atoms with E-state index >= 15 is 0 Å². The first kappa shape index (κ1) is 19.0. The van der Waals surface area contributed by atoms with Gasteiger partial charge in [0.25, 0.3) is 0 Å². The number of nitrogens with one attached hydrogen (secondary N) is 2. The van der Waals surface area contributed by atoms with Crippen LogP contribution in [-0.2, 0) is 4.79 Å². The summed E-state index contributed by atoms with van der Waals surface area (Å²) in [7, 11) is 0. The van der Waals surface area contributed by atoms with Crippen molar-refractivity contribution < 1.29 is 4.79 Å². The summed E-state index contributed by atoms with van der Waals surface area (Å²) in [6.07, 6.45) is 1.44. The van der Waals surface area contributed by atoms with Gasteiger partial charge in [-0.15, -0.1) is 5.10 Å². The molecule has 1 amide bonds. The third-order valence-electron chi connectivity index (χ3n) is 3.38. The van der Waals surface area contributed by atoms with Gasteiger partial charge in [-0.05, 0) is 36.8 Å². The number of aromatic amines is 1. The molecule has 1 aromatic carbocycles. The summed E-state index contributed by atoms with van der Waals surface area (Å²) in [4.78, 5) is 20.5. The zero-order valence-electron chi connectivity index (χ0n) is 13.4. The number of carbonyl (C=O) groups excluding carboxylic acids is 1. The van der Waals surface area contributed by atoms with E-state index in [2.05, 4.69) is 25.5 Å². The van der Waals surface area contributed by atoms with E-state index in [4.69, 9.17) is 34.8 Å². The van der Waals surface area contributed by atoms with Gasteiger partial charge in [0.05, 0.1) is 15.8 Å². The van der Waals surface area contributed by atoms with Crippen LogP contribution in [0.25, 0.3) is 11.4 Å². The van der Waals surface area contributed by atoms with Crippen LogP contribution in [0.4, 0.5) is 5.82 Å². The predicted octanol–water partition coefficient (Wildman–Crippen LogP) is 4.87. The van der Waals surface area contributed by atoms with Crippen molar-refractivity contribution in [3.8, 4) is 11.4 Å². The average Bonchev–Trinajstić information content (AvgIpc) is 3.10. The largest absolute Gasteiger partial charge is 0.309 e. The fraction of sp³-hybridized carbons (Fsp3) is 0.125. The number of amides is 1. The number of carbonyl (C=O) groups is 1. The van der Waals surface area contributed by atoms with E-state index in [1.807, 2.05) is 12.1 Å². The molecule has 0 spiro atoms. The SMILES string of the molecule is Cc1c(Cl)cnc(NC(=O)CSc2n[nH]c(-c3ccc(Cl)cc3)n2)c1Cl. The van der Waals surface area contributed by atoms with E-state index in [9.17, 15) is 4.79 Å². The van der Waals surface area contributed by atoms with Crippen molar-refractivity contribution >= 4 is 58.3 Å². The zero-order valence-corrected chi connectivity index (χ0v) is 16.5. The first-order chi connectivity index (χ1) is 12.4. The normalized spacial score (nSPS) is 10.8. The lowest BCUT2D eigenvalue weighted by molar-refractivity contribution is -0.113. The number of halogens is 3. The molecule has 0 bridgehead atoms. The first-order valence-electron chi connectivity index (χ1n) is 7.35. The minimum absolute atomic E-state index is 0.109. The standard InChI is InChI=1S/C16H12Cl3N5OS/c1-8-11(18)6-20-15(13(8)19)21-12(25)7-26-16-22-14(23-24-16)9-2-4-10(17)5-3-9/h2-6H,7H2,1H3,(H,20,21,25)(H,22,23,24). The van der Waals surface area contributed by atoms with Gasteiger partial charge in [0.2, 0.25) is 11.1 Å². The highest BCUT2D eigenvalue weighted by Gasteiger charge is 2.13. The summed E-state index contributed by atoms with van der Waals surface area (Å²) in [5.41, 5.74) is 1.51. The van der Waals surface area contributed by atoms with Crippen molar-refractivity contribution in [3.63, 3.8) is 0 Å². The summed E-state index contributed by atoms with van der Waals surface area (Å²) in [6, 6.07) is 7.20. The number of rotatable bonds is 5. The Kier molecular flexibility index (Phi) is 6.03. The van der Waals surface area contributed by atoms with Crippen molar-refractivity contribution in [1.82, 2.24) is 20.2 Å². The molecular weight excluding hydrogens is 417 g/mol. The van der Waals surface area contributed by atoms with Crippen LogP contribution in [0.1, 0.15) is 5.56 Å². The van der Waals surface area contributed by atoms with E-state index in [0.29, 0.717) is 31.6 Å². The van der Waals surface area contributed by atoms with Crippen LogP contribution in [0.2, 0.25) is 15.1 Å². The second-order valence-electron chi connectivity index (χ2n) is 5.20. The van der Waals surface area contributed by atoms with Gasteiger partial charge in [0, 0.05) is 16.8 Å². The molecule has 2 N–H and O–H groups in total. The maximum Gasteiger partial charge on any atom is 0.236 e. The minimum Gasteiger partial charge on any atom is -0.309 e. The number of pyridine rings is 1. The Morgan fingerprint density at radius 3 is 2.69 bits per heavy atom. The third kappa shape index (κ3) is 4.48. The molecule has 0 atom stereocenters. The van der Waals surface area contributed by atoms with Crippen molar-refractivity contribution in [1.29, 1.82) is 0 Å². The van der Waals surface area contributed by atoms with Crippen molar-refractivity contribution in [2.24, 2.45) is 0 Å². The van der Waals surface area contributed by atoms with Gasteiger partial charge in [-0.25, -0.2) is 9.97 Å². The van der Waals surface area contributed by atoms with Crippen LogP contribution in [0, 0.1) is 6.92 Å². The molecule has 0 aliphatic heterocycles. The van der Waals surface area contributed by atoms with Gasteiger partial charge >= 0.3 is 0 Å². The molecule has 3 aromatic rings. The van der Waals surface area contributed by atoms with Crippen LogP contribution < -0.4 is 5.32 Å². The van der Waals surface area contributed by atoms with Crippen LogP contribution in [-0.4, -0.2) is 31.8 Å². The third-order valence-corrected chi connectivity index (χ3v) is 5.32. The molecule has 3 rings (SSSR count). The summed E-state index contributed by atoms with van der Waals surface area (Å²) < 4.78 is 0. The molecule has 134 valence electrons. The fourth-order valence-electron chi connectivity index (χ4n) is 1.99. The lowest BCUT2D eigenvalue weighted by Crippen LogP contribution is -2.15. The van der Waals surface area contributed by atoms with Crippen molar-refractivity contribution in [2.45, 2.75) is 12.1 Å². The highest BCUT2D eigenvalue weighted by molar-refractivity contribution is 7.99. The van der Waals surface area contributed by atoms with Gasteiger partial charge in [-0.2, -0.15) is 0 Å². The van der Waals surface area contributed by atoms with Gasteiger partial charge < -0.3 is 5.32 Å². The molecule has 0 aliphatic carbocycles. The van der Waals surface area contributed by atoms with Crippen molar-refractivity contribution in [2.75, 3.05) is 11.1 Å². The van der Waals surface area contributed by atoms with E-state index in [1.165, 1.54) is 18.0 Å². The van der Waals surface area contributed by atoms with Crippen LogP contribution in [0.5, 0.6) is 0 Å². The van der Waals surface area contributed by atoms with Crippen molar-refractivity contribution in [3.05, 3.63) is 51.1 Å². The number of anilines is 1. The smallest absolute Gasteiger partial charge is 0.236 e. The lowest BCUT2D eigenvalue weighted by atomic mass is 10.2. The molecule has 2 heterocycles. The number of thioether (sulfide) groups is 1. The average molecular weight is 429 g/mol. The molecule has 0 fully saturated rings. The first-order valence-corrected chi connectivity index (χ1v) is 9.47. The van der Waals surface area contributed by atoms with E-state index in [-0.39, 0.29) is 17.5 Å². The molecular formula is C16H12Cl3N5OS. The molecule has 10 heteroatoms. The molecule has 0 radical (unpaired) electrons. The Balaban J connectivity index is 1.60. The summed E-state index contributed by atoms with van der Waals surface area (Å²) >= 11 is 19.1. The van der Waals surface area contributed by atoms with Crippen LogP contribution in [0.15, 0.2) is 35.6 Å². The molecule has 26 heavy (non-hydrogen) atoms. The summed E-state index contributed by atoms with van der Waals surface area (Å²) in [5.74, 6) is 0.708. The maximum atomic E-state index is 12.1. The predicted molar refractivity (Wildman–Crippen MR) is 105 cm³/mol. The number of hydrogen-bond donors (Lipinski definition) is 2. The Morgan fingerprint density at radius 2 is 1.96 bits per heavy atom. The highest BCUT2D eigenvalue weighted by atomic mass is 35.5. The Bertz CT molecular complexity index is 946. The van der Waals surface area contributed by atoms with Gasteiger partial charge in [0.15, 0.2) is 11.6 Å². The lowest BCUT2D eigenvalue weighted by Gasteiger charge is -2.08. The highest BCUT2D eigenvalue weighted by Crippen LogP contribution is 2.28. The minimum atomic E-state index is -0.274. The monoisotopic (exact) mass is 427 g/mol. The van der Waals surface area contributed by atoms with Gasteiger partial charge in [-0.1, -0.05) is 46.6 Å². The molecule has 0 saturated carbocycles. The van der Waals surface area contributed by atoms with Crippen LogP contribution >= 0.6 is 46.6 Å². The Morgan fingerprint density at radius 1 is 1.23 bits per heavy atom.